The average Bonchev–Trinajstić information content (AvgIpc) is 2.61. The van der Waals surface area contributed by atoms with Crippen molar-refractivity contribution < 1.29 is 13.2 Å². The molecule has 25 heavy (non-hydrogen) atoms. The third kappa shape index (κ3) is 4.16. The van der Waals surface area contributed by atoms with E-state index < -0.39 is 10.0 Å². The summed E-state index contributed by atoms with van der Waals surface area (Å²) in [6.45, 7) is 2.95. The van der Waals surface area contributed by atoms with E-state index in [1.807, 2.05) is 37.3 Å². The van der Waals surface area contributed by atoms with Gasteiger partial charge in [0.15, 0.2) is 0 Å². The molecule has 134 valence electrons. The molecule has 1 fully saturated rings. The van der Waals surface area contributed by atoms with Gasteiger partial charge in [0.05, 0.1) is 11.3 Å². The zero-order chi connectivity index (χ0) is 17.9. The van der Waals surface area contributed by atoms with E-state index in [0.717, 1.165) is 10.9 Å². The van der Waals surface area contributed by atoms with Gasteiger partial charge in [-0.15, -0.1) is 0 Å². The van der Waals surface area contributed by atoms with Gasteiger partial charge >= 0.3 is 0 Å². The molecule has 6 nitrogen and oxygen atoms in total. The van der Waals surface area contributed by atoms with Crippen LogP contribution < -0.4 is 4.72 Å². The van der Waals surface area contributed by atoms with Crippen molar-refractivity contribution in [3.05, 3.63) is 42.1 Å². The van der Waals surface area contributed by atoms with Crippen LogP contribution >= 0.6 is 0 Å². The van der Waals surface area contributed by atoms with Crippen LogP contribution in [0.5, 0.6) is 0 Å². The largest absolute Gasteiger partial charge is 0.339 e. The fourth-order valence-electron chi connectivity index (χ4n) is 3.24. The number of benzene rings is 1. The van der Waals surface area contributed by atoms with Crippen molar-refractivity contribution in [2.75, 3.05) is 18.8 Å². The number of rotatable bonds is 5. The highest BCUT2D eigenvalue weighted by molar-refractivity contribution is 7.89. The molecule has 0 aliphatic carbocycles. The molecule has 0 saturated carbocycles. The molecule has 0 bridgehead atoms. The molecule has 1 aliphatic rings. The third-order valence-corrected chi connectivity index (χ3v) is 6.12. The summed E-state index contributed by atoms with van der Waals surface area (Å²) in [7, 11) is -3.21. The SMILES string of the molecule is CCCS(=O)(=O)NC1CCN(C(=O)c2cccc3ncccc23)CC1. The summed E-state index contributed by atoms with van der Waals surface area (Å²) in [5, 5.41) is 0.848. The van der Waals surface area contributed by atoms with E-state index in [4.69, 9.17) is 0 Å². The zero-order valence-electron chi connectivity index (χ0n) is 14.3. The van der Waals surface area contributed by atoms with Crippen molar-refractivity contribution in [1.82, 2.24) is 14.6 Å². The first kappa shape index (κ1) is 17.8. The van der Waals surface area contributed by atoms with Crippen LogP contribution in [0.4, 0.5) is 0 Å². The standard InChI is InChI=1S/C18H23N3O3S/c1-2-13-25(23,24)20-14-8-11-21(12-9-14)18(22)16-5-3-7-17-15(16)6-4-10-19-17/h3-7,10,14,20H,2,8-9,11-13H2,1H3. The second kappa shape index (κ2) is 7.49. The molecule has 2 aromatic rings. The number of hydrogen-bond acceptors (Lipinski definition) is 4. The minimum absolute atomic E-state index is 0.0199. The fraction of sp³-hybridized carbons (Fsp3) is 0.444. The Balaban J connectivity index is 1.67. The molecule has 0 spiro atoms. The lowest BCUT2D eigenvalue weighted by Crippen LogP contribution is -2.47. The number of aromatic nitrogens is 1. The Morgan fingerprint density at radius 2 is 2.00 bits per heavy atom. The van der Waals surface area contributed by atoms with Gasteiger partial charge in [0, 0.05) is 36.3 Å². The minimum Gasteiger partial charge on any atom is -0.339 e. The molecule has 1 N–H and O–H groups in total. The van der Waals surface area contributed by atoms with Crippen LogP contribution in [0.25, 0.3) is 10.9 Å². The molecule has 1 aliphatic heterocycles. The van der Waals surface area contributed by atoms with Crippen molar-refractivity contribution in [3.63, 3.8) is 0 Å². The topological polar surface area (TPSA) is 79.4 Å². The van der Waals surface area contributed by atoms with Crippen LogP contribution in [0.15, 0.2) is 36.5 Å². The number of carbonyl (C=O) groups is 1. The molecule has 7 heteroatoms. The number of likely N-dealkylation sites (tertiary alicyclic amines) is 1. The fourth-order valence-corrected chi connectivity index (χ4v) is 4.64. The Hall–Kier alpha value is -1.99. The average molecular weight is 361 g/mol. The Bertz CT molecular complexity index is 854. The summed E-state index contributed by atoms with van der Waals surface area (Å²) < 4.78 is 26.5. The number of nitrogens with zero attached hydrogens (tertiary/aromatic N) is 2. The van der Waals surface area contributed by atoms with Crippen LogP contribution in [0.2, 0.25) is 0 Å². The number of nitrogens with one attached hydrogen (secondary N) is 1. The van der Waals surface area contributed by atoms with E-state index in [-0.39, 0.29) is 17.7 Å². The summed E-state index contributed by atoms with van der Waals surface area (Å²) in [6, 6.07) is 9.20. The highest BCUT2D eigenvalue weighted by Gasteiger charge is 2.26. The van der Waals surface area contributed by atoms with E-state index in [0.29, 0.717) is 37.9 Å². The van der Waals surface area contributed by atoms with Gasteiger partial charge in [-0.05, 0) is 37.5 Å². The van der Waals surface area contributed by atoms with Crippen LogP contribution in [0, 0.1) is 0 Å². The zero-order valence-corrected chi connectivity index (χ0v) is 15.1. The molecule has 0 unspecified atom stereocenters. The van der Waals surface area contributed by atoms with Gasteiger partial charge in [0.25, 0.3) is 5.91 Å². The molecular weight excluding hydrogens is 338 g/mol. The number of amides is 1. The predicted molar refractivity (Wildman–Crippen MR) is 97.9 cm³/mol. The van der Waals surface area contributed by atoms with E-state index >= 15 is 0 Å². The molecule has 0 atom stereocenters. The van der Waals surface area contributed by atoms with Gasteiger partial charge < -0.3 is 4.90 Å². The highest BCUT2D eigenvalue weighted by atomic mass is 32.2. The monoisotopic (exact) mass is 361 g/mol. The van der Waals surface area contributed by atoms with Crippen LogP contribution in [-0.2, 0) is 10.0 Å². The summed E-state index contributed by atoms with van der Waals surface area (Å²) in [6.07, 6.45) is 3.58. The number of sulfonamides is 1. The number of pyridine rings is 1. The highest BCUT2D eigenvalue weighted by Crippen LogP contribution is 2.21. The van der Waals surface area contributed by atoms with Crippen molar-refractivity contribution in [2.24, 2.45) is 0 Å². The Morgan fingerprint density at radius 3 is 2.72 bits per heavy atom. The molecule has 1 aromatic carbocycles. The Kier molecular flexibility index (Phi) is 5.34. The van der Waals surface area contributed by atoms with Gasteiger partial charge in [-0.25, -0.2) is 13.1 Å². The molecule has 1 saturated heterocycles. The lowest BCUT2D eigenvalue weighted by atomic mass is 10.0. The minimum atomic E-state index is -3.21. The second-order valence-electron chi connectivity index (χ2n) is 6.38. The smallest absolute Gasteiger partial charge is 0.254 e. The maximum Gasteiger partial charge on any atom is 0.254 e. The summed E-state index contributed by atoms with van der Waals surface area (Å²) in [5.74, 6) is 0.128. The third-order valence-electron chi connectivity index (χ3n) is 4.48. The normalized spacial score (nSPS) is 16.3. The lowest BCUT2D eigenvalue weighted by molar-refractivity contribution is 0.0713. The first-order chi connectivity index (χ1) is 12.0. The summed E-state index contributed by atoms with van der Waals surface area (Å²) in [4.78, 5) is 19.0. The van der Waals surface area contributed by atoms with E-state index in [2.05, 4.69) is 9.71 Å². The molecule has 0 radical (unpaired) electrons. The maximum absolute atomic E-state index is 12.9. The van der Waals surface area contributed by atoms with Gasteiger partial charge in [-0.2, -0.15) is 0 Å². The van der Waals surface area contributed by atoms with Crippen LogP contribution in [0.3, 0.4) is 0 Å². The van der Waals surface area contributed by atoms with Crippen molar-refractivity contribution >= 4 is 26.8 Å². The summed E-state index contributed by atoms with van der Waals surface area (Å²) >= 11 is 0. The quantitative estimate of drug-likeness (QED) is 0.885. The van der Waals surface area contributed by atoms with Crippen molar-refractivity contribution in [2.45, 2.75) is 32.2 Å². The van der Waals surface area contributed by atoms with Gasteiger partial charge in [-0.3, -0.25) is 9.78 Å². The van der Waals surface area contributed by atoms with E-state index in [9.17, 15) is 13.2 Å². The van der Waals surface area contributed by atoms with Gasteiger partial charge in [-0.1, -0.05) is 19.1 Å². The van der Waals surface area contributed by atoms with Gasteiger partial charge in [0.2, 0.25) is 10.0 Å². The number of hydrogen-bond donors (Lipinski definition) is 1. The Morgan fingerprint density at radius 1 is 1.24 bits per heavy atom. The molecule has 1 aromatic heterocycles. The predicted octanol–water partition coefficient (Wildman–Crippen LogP) is 2.17. The molecular formula is C18H23N3O3S. The number of piperidine rings is 1. The molecule has 3 rings (SSSR count). The van der Waals surface area contributed by atoms with Crippen LogP contribution in [0.1, 0.15) is 36.5 Å². The van der Waals surface area contributed by atoms with Gasteiger partial charge in [0.1, 0.15) is 0 Å². The first-order valence-corrected chi connectivity index (χ1v) is 10.3. The second-order valence-corrected chi connectivity index (χ2v) is 8.25. The Labute approximate surface area is 148 Å². The maximum atomic E-state index is 12.9. The molecule has 1 amide bonds. The molecule has 2 heterocycles. The summed E-state index contributed by atoms with van der Waals surface area (Å²) in [5.41, 5.74) is 1.45. The number of carbonyl (C=O) groups excluding carboxylic acids is 1. The van der Waals surface area contributed by atoms with Crippen molar-refractivity contribution in [3.8, 4) is 0 Å². The number of fused-ring (bicyclic) bond motifs is 1. The van der Waals surface area contributed by atoms with Crippen LogP contribution in [-0.4, -0.2) is 49.1 Å². The van der Waals surface area contributed by atoms with E-state index in [1.165, 1.54) is 0 Å². The lowest BCUT2D eigenvalue weighted by Gasteiger charge is -2.32. The van der Waals surface area contributed by atoms with E-state index in [1.54, 1.807) is 11.1 Å². The first-order valence-electron chi connectivity index (χ1n) is 8.63. The van der Waals surface area contributed by atoms with Crippen molar-refractivity contribution in [1.29, 1.82) is 0 Å².